The number of nitrogens with zero attached hydrogens (tertiary/aromatic N) is 4. The van der Waals surface area contributed by atoms with Crippen LogP contribution in [0.5, 0.6) is 0 Å². The highest BCUT2D eigenvalue weighted by Crippen LogP contribution is 2.30. The lowest BCUT2D eigenvalue weighted by atomic mass is 10.1. The molecule has 2 amide bonds. The molecular formula is C23H23F3N6O2. The number of nitrogens with one attached hydrogen (secondary N) is 2. The van der Waals surface area contributed by atoms with Gasteiger partial charge in [-0.1, -0.05) is 6.07 Å². The van der Waals surface area contributed by atoms with Crippen LogP contribution in [-0.4, -0.2) is 64.4 Å². The maximum Gasteiger partial charge on any atom is 0.416 e. The van der Waals surface area contributed by atoms with Crippen molar-refractivity contribution in [3.63, 3.8) is 0 Å². The molecule has 0 radical (unpaired) electrons. The summed E-state index contributed by atoms with van der Waals surface area (Å²) in [5.41, 5.74) is 0.544. The second-order valence-electron chi connectivity index (χ2n) is 7.85. The second kappa shape index (κ2) is 9.94. The molecule has 2 aromatic heterocycles. The van der Waals surface area contributed by atoms with Crippen LogP contribution in [0.25, 0.3) is 0 Å². The lowest BCUT2D eigenvalue weighted by Crippen LogP contribution is -2.49. The molecule has 8 nitrogen and oxygen atoms in total. The Kier molecular flexibility index (Phi) is 6.80. The summed E-state index contributed by atoms with van der Waals surface area (Å²) < 4.78 is 38.8. The van der Waals surface area contributed by atoms with Crippen molar-refractivity contribution in [2.45, 2.75) is 12.6 Å². The lowest BCUT2D eigenvalue weighted by molar-refractivity contribution is -0.137. The van der Waals surface area contributed by atoms with Gasteiger partial charge in [0.15, 0.2) is 0 Å². The third-order valence-corrected chi connectivity index (χ3v) is 5.57. The number of carbonyl (C=O) groups is 2. The number of benzene rings is 1. The number of halogens is 3. The summed E-state index contributed by atoms with van der Waals surface area (Å²) in [6.45, 7) is 2.13. The van der Waals surface area contributed by atoms with Gasteiger partial charge in [-0.2, -0.15) is 13.2 Å². The van der Waals surface area contributed by atoms with Gasteiger partial charge in [-0.25, -0.2) is 9.97 Å². The van der Waals surface area contributed by atoms with Gasteiger partial charge in [0.2, 0.25) is 0 Å². The summed E-state index contributed by atoms with van der Waals surface area (Å²) in [7, 11) is 0. The van der Waals surface area contributed by atoms with E-state index in [9.17, 15) is 22.8 Å². The van der Waals surface area contributed by atoms with Gasteiger partial charge >= 0.3 is 6.18 Å². The molecule has 4 rings (SSSR count). The maximum atomic E-state index is 12.9. The van der Waals surface area contributed by atoms with E-state index in [2.05, 4.69) is 20.3 Å². The van der Waals surface area contributed by atoms with Crippen LogP contribution in [0.1, 0.15) is 32.0 Å². The quantitative estimate of drug-likeness (QED) is 0.576. The minimum Gasteiger partial charge on any atom is -0.353 e. The molecule has 1 aliphatic heterocycles. The third kappa shape index (κ3) is 5.53. The SMILES string of the molecule is O=C(NCCc1cnc[nH]1)c1ccc(N2CCN(C(=O)c3cccc(C(F)(F)F)c3)CC2)nc1. The van der Waals surface area contributed by atoms with E-state index in [0.29, 0.717) is 50.5 Å². The van der Waals surface area contributed by atoms with E-state index >= 15 is 0 Å². The monoisotopic (exact) mass is 472 g/mol. The first-order valence-corrected chi connectivity index (χ1v) is 10.7. The van der Waals surface area contributed by atoms with Gasteiger partial charge < -0.3 is 20.1 Å². The topological polar surface area (TPSA) is 94.2 Å². The van der Waals surface area contributed by atoms with Crippen molar-refractivity contribution >= 4 is 17.6 Å². The highest BCUT2D eigenvalue weighted by Gasteiger charge is 2.31. The molecule has 1 saturated heterocycles. The van der Waals surface area contributed by atoms with E-state index in [0.717, 1.165) is 17.8 Å². The number of imidazole rings is 1. The third-order valence-electron chi connectivity index (χ3n) is 5.57. The van der Waals surface area contributed by atoms with Crippen molar-refractivity contribution in [1.82, 2.24) is 25.2 Å². The molecule has 11 heteroatoms. The van der Waals surface area contributed by atoms with Crippen molar-refractivity contribution in [3.05, 3.63) is 77.5 Å². The Morgan fingerprint density at radius 2 is 1.82 bits per heavy atom. The fraction of sp³-hybridized carbons (Fsp3) is 0.304. The van der Waals surface area contributed by atoms with Gasteiger partial charge in [0, 0.05) is 62.8 Å². The predicted molar refractivity (Wildman–Crippen MR) is 118 cm³/mol. The van der Waals surface area contributed by atoms with Crippen molar-refractivity contribution in [3.8, 4) is 0 Å². The Morgan fingerprint density at radius 1 is 1.03 bits per heavy atom. The molecular weight excluding hydrogens is 449 g/mol. The first-order chi connectivity index (χ1) is 16.3. The van der Waals surface area contributed by atoms with Crippen LogP contribution in [0.4, 0.5) is 19.0 Å². The van der Waals surface area contributed by atoms with Gasteiger partial charge in [0.05, 0.1) is 17.5 Å². The summed E-state index contributed by atoms with van der Waals surface area (Å²) in [6.07, 6.45) is 0.932. The van der Waals surface area contributed by atoms with Crippen molar-refractivity contribution < 1.29 is 22.8 Å². The molecule has 0 saturated carbocycles. The molecule has 1 aliphatic rings. The summed E-state index contributed by atoms with van der Waals surface area (Å²) in [5.74, 6) is 0.0103. The summed E-state index contributed by atoms with van der Waals surface area (Å²) in [4.78, 5) is 39.7. The van der Waals surface area contributed by atoms with Crippen LogP contribution in [-0.2, 0) is 12.6 Å². The zero-order valence-electron chi connectivity index (χ0n) is 18.2. The van der Waals surface area contributed by atoms with E-state index in [1.54, 1.807) is 24.7 Å². The number of carbonyl (C=O) groups excluding carboxylic acids is 2. The van der Waals surface area contributed by atoms with Crippen molar-refractivity contribution in [2.24, 2.45) is 0 Å². The largest absolute Gasteiger partial charge is 0.416 e. The van der Waals surface area contributed by atoms with Gasteiger partial charge in [0.25, 0.3) is 11.8 Å². The van der Waals surface area contributed by atoms with E-state index in [1.807, 2.05) is 4.90 Å². The molecule has 0 bridgehead atoms. The molecule has 0 spiro atoms. The van der Waals surface area contributed by atoms with Gasteiger partial charge in [-0.05, 0) is 30.3 Å². The standard InChI is InChI=1S/C23H23F3N6O2/c24-23(25,26)18-3-1-2-16(12-18)22(34)32-10-8-31(9-11-32)20-5-4-17(13-29-20)21(33)28-7-6-19-14-27-15-30-19/h1-5,12-15H,6-11H2,(H,27,30)(H,28,33). The molecule has 1 aromatic carbocycles. The average molecular weight is 472 g/mol. The number of rotatable bonds is 6. The predicted octanol–water partition coefficient (Wildman–Crippen LogP) is 2.76. The number of alkyl halides is 3. The molecule has 0 unspecified atom stereocenters. The van der Waals surface area contributed by atoms with Crippen molar-refractivity contribution in [2.75, 3.05) is 37.6 Å². The number of hydrogen-bond donors (Lipinski definition) is 2. The van der Waals surface area contributed by atoms with Crippen molar-refractivity contribution in [1.29, 1.82) is 0 Å². The molecule has 178 valence electrons. The molecule has 34 heavy (non-hydrogen) atoms. The Bertz CT molecular complexity index is 1120. The van der Waals surface area contributed by atoms with E-state index < -0.39 is 17.6 Å². The molecule has 0 aliphatic carbocycles. The number of aromatic nitrogens is 3. The maximum absolute atomic E-state index is 12.9. The minimum atomic E-state index is -4.50. The smallest absolute Gasteiger partial charge is 0.353 e. The Hall–Kier alpha value is -3.89. The summed E-state index contributed by atoms with van der Waals surface area (Å²) in [5, 5.41) is 2.83. The van der Waals surface area contributed by atoms with E-state index in [-0.39, 0.29) is 11.5 Å². The molecule has 3 aromatic rings. The molecule has 3 heterocycles. The van der Waals surface area contributed by atoms with E-state index in [1.165, 1.54) is 23.2 Å². The average Bonchev–Trinajstić information content (AvgIpc) is 3.37. The van der Waals surface area contributed by atoms with Gasteiger partial charge in [-0.3, -0.25) is 9.59 Å². The van der Waals surface area contributed by atoms with Crippen LogP contribution in [0.3, 0.4) is 0 Å². The highest BCUT2D eigenvalue weighted by molar-refractivity contribution is 5.95. The fourth-order valence-corrected chi connectivity index (χ4v) is 3.69. The normalized spacial score (nSPS) is 14.2. The van der Waals surface area contributed by atoms with Gasteiger partial charge in [0.1, 0.15) is 5.82 Å². The zero-order valence-corrected chi connectivity index (χ0v) is 18.2. The van der Waals surface area contributed by atoms with Crippen LogP contribution in [0.15, 0.2) is 55.1 Å². The number of aromatic amines is 1. The first kappa shape index (κ1) is 23.3. The second-order valence-corrected chi connectivity index (χ2v) is 7.85. The van der Waals surface area contributed by atoms with Crippen LogP contribution < -0.4 is 10.2 Å². The Labute approximate surface area is 193 Å². The lowest BCUT2D eigenvalue weighted by Gasteiger charge is -2.35. The minimum absolute atomic E-state index is 0.0179. The number of amides is 2. The number of anilines is 1. The first-order valence-electron chi connectivity index (χ1n) is 10.7. The van der Waals surface area contributed by atoms with Crippen LogP contribution >= 0.6 is 0 Å². The van der Waals surface area contributed by atoms with Crippen LogP contribution in [0, 0.1) is 0 Å². The Morgan fingerprint density at radius 3 is 2.47 bits per heavy atom. The Balaban J connectivity index is 1.29. The van der Waals surface area contributed by atoms with Crippen LogP contribution in [0.2, 0.25) is 0 Å². The molecule has 0 atom stereocenters. The number of pyridine rings is 1. The molecule has 1 fully saturated rings. The van der Waals surface area contributed by atoms with Gasteiger partial charge in [-0.15, -0.1) is 0 Å². The number of piperazine rings is 1. The van der Waals surface area contributed by atoms with E-state index in [4.69, 9.17) is 0 Å². The zero-order chi connectivity index (χ0) is 24.1. The number of H-pyrrole nitrogens is 1. The summed E-state index contributed by atoms with van der Waals surface area (Å²) in [6, 6.07) is 7.90. The fourth-order valence-electron chi connectivity index (χ4n) is 3.69. The number of hydrogen-bond acceptors (Lipinski definition) is 5. The highest BCUT2D eigenvalue weighted by atomic mass is 19.4. The summed E-state index contributed by atoms with van der Waals surface area (Å²) >= 11 is 0. The molecule has 2 N–H and O–H groups in total.